The Hall–Kier alpha value is -3.48. The first-order valence-corrected chi connectivity index (χ1v) is 8.53. The van der Waals surface area contributed by atoms with Crippen LogP contribution >= 0.6 is 0 Å². The van der Waals surface area contributed by atoms with Crippen LogP contribution in [0.1, 0.15) is 29.1 Å². The van der Waals surface area contributed by atoms with Crippen LogP contribution in [0.15, 0.2) is 52.0 Å². The molecule has 0 bridgehead atoms. The number of methoxy groups -OCH3 is 1. The summed E-state index contributed by atoms with van der Waals surface area (Å²) in [6, 6.07) is 12.6. The summed E-state index contributed by atoms with van der Waals surface area (Å²) < 4.78 is 16.2. The third-order valence-electron chi connectivity index (χ3n) is 4.24. The van der Waals surface area contributed by atoms with Crippen molar-refractivity contribution in [2.45, 2.75) is 12.8 Å². The van der Waals surface area contributed by atoms with Crippen LogP contribution in [-0.2, 0) is 0 Å². The molecule has 1 unspecified atom stereocenters. The van der Waals surface area contributed by atoms with E-state index in [4.69, 9.17) is 14.0 Å². The molecule has 27 heavy (non-hydrogen) atoms. The third kappa shape index (κ3) is 3.08. The van der Waals surface area contributed by atoms with Crippen LogP contribution in [0.25, 0.3) is 11.4 Å². The van der Waals surface area contributed by atoms with Crippen LogP contribution in [0.5, 0.6) is 11.5 Å². The molecule has 7 nitrogen and oxygen atoms in total. The Balaban J connectivity index is 1.64. The predicted molar refractivity (Wildman–Crippen MR) is 99.1 cm³/mol. The van der Waals surface area contributed by atoms with Gasteiger partial charge in [0.25, 0.3) is 0 Å². The van der Waals surface area contributed by atoms with E-state index in [-0.39, 0.29) is 11.7 Å². The summed E-state index contributed by atoms with van der Waals surface area (Å²) in [5.41, 5.74) is 1.90. The Morgan fingerprint density at radius 1 is 1.15 bits per heavy atom. The Labute approximate surface area is 155 Å². The molecule has 7 heteroatoms. The van der Waals surface area contributed by atoms with Gasteiger partial charge in [0.15, 0.2) is 17.3 Å². The van der Waals surface area contributed by atoms with Crippen molar-refractivity contribution >= 4 is 17.7 Å². The summed E-state index contributed by atoms with van der Waals surface area (Å²) in [6.07, 6.45) is 1.54. The number of carbonyl (C=O) groups is 1. The maximum atomic E-state index is 12.7. The van der Waals surface area contributed by atoms with Gasteiger partial charge in [0.2, 0.25) is 11.7 Å². The van der Waals surface area contributed by atoms with Gasteiger partial charge in [-0.25, -0.2) is 0 Å². The van der Waals surface area contributed by atoms with Crippen LogP contribution in [0, 0.1) is 0 Å². The molecule has 1 aliphatic heterocycles. The molecule has 1 atom stereocenters. The zero-order chi connectivity index (χ0) is 18.8. The average Bonchev–Trinajstić information content (AvgIpc) is 3.19. The summed E-state index contributed by atoms with van der Waals surface area (Å²) in [5.74, 6) is 0.988. The second-order valence-electron chi connectivity index (χ2n) is 5.89. The lowest BCUT2D eigenvalue weighted by atomic mass is 9.94. The van der Waals surface area contributed by atoms with Gasteiger partial charge < -0.3 is 14.0 Å². The Kier molecular flexibility index (Phi) is 4.42. The topological polar surface area (TPSA) is 86.8 Å². The maximum Gasteiger partial charge on any atom is 0.243 e. The number of fused-ring (bicyclic) bond motifs is 1. The minimum absolute atomic E-state index is 0.111. The SMILES string of the molecule is CCOc1ccc(-c2noc(C3C=Nc4ccccc4C3=O)n2)cc1OC. The van der Waals surface area contributed by atoms with Gasteiger partial charge in [0, 0.05) is 17.3 Å². The van der Waals surface area contributed by atoms with E-state index in [0.29, 0.717) is 40.7 Å². The van der Waals surface area contributed by atoms with Crippen LogP contribution < -0.4 is 9.47 Å². The summed E-state index contributed by atoms with van der Waals surface area (Å²) in [4.78, 5) is 21.4. The molecule has 2 heterocycles. The molecule has 0 fully saturated rings. The molecule has 1 aromatic heterocycles. The maximum absolute atomic E-state index is 12.7. The standard InChI is InChI=1S/C20H17N3O4/c1-3-26-16-9-8-12(10-17(16)25-2)19-22-20(27-23-19)14-11-21-15-7-5-4-6-13(15)18(14)24/h4-11,14H,3H2,1-2H3. The zero-order valence-corrected chi connectivity index (χ0v) is 14.9. The molecule has 0 aliphatic carbocycles. The zero-order valence-electron chi connectivity index (χ0n) is 14.9. The van der Waals surface area contributed by atoms with Gasteiger partial charge in [-0.15, -0.1) is 0 Å². The second kappa shape index (κ2) is 7.03. The van der Waals surface area contributed by atoms with Crippen molar-refractivity contribution < 1.29 is 18.8 Å². The fourth-order valence-electron chi connectivity index (χ4n) is 2.92. The van der Waals surface area contributed by atoms with Crippen LogP contribution in [-0.4, -0.2) is 35.9 Å². The number of hydrogen-bond donors (Lipinski definition) is 0. The number of Topliss-reactive ketones (excluding diaryl/α,β-unsaturated/α-hetero) is 1. The highest BCUT2D eigenvalue weighted by Crippen LogP contribution is 2.33. The number of benzene rings is 2. The van der Waals surface area contributed by atoms with E-state index in [1.54, 1.807) is 43.7 Å². The molecule has 0 spiro atoms. The van der Waals surface area contributed by atoms with Crippen molar-refractivity contribution in [3.63, 3.8) is 0 Å². The lowest BCUT2D eigenvalue weighted by Gasteiger charge is -2.13. The van der Waals surface area contributed by atoms with E-state index in [1.807, 2.05) is 19.1 Å². The molecular formula is C20H17N3O4. The first-order chi connectivity index (χ1) is 13.2. The lowest BCUT2D eigenvalue weighted by Crippen LogP contribution is -2.18. The highest BCUT2D eigenvalue weighted by Gasteiger charge is 2.30. The van der Waals surface area contributed by atoms with Crippen molar-refractivity contribution in [1.82, 2.24) is 10.1 Å². The quantitative estimate of drug-likeness (QED) is 0.685. The van der Waals surface area contributed by atoms with Gasteiger partial charge in [-0.05, 0) is 37.3 Å². The molecule has 0 amide bonds. The predicted octanol–water partition coefficient (Wildman–Crippen LogP) is 3.83. The largest absolute Gasteiger partial charge is 0.493 e. The summed E-state index contributed by atoms with van der Waals surface area (Å²) in [7, 11) is 1.57. The van der Waals surface area contributed by atoms with E-state index >= 15 is 0 Å². The summed E-state index contributed by atoms with van der Waals surface area (Å²) in [6.45, 7) is 2.44. The van der Waals surface area contributed by atoms with Crippen molar-refractivity contribution in [3.8, 4) is 22.9 Å². The number of aliphatic imine (C=N–C) groups is 1. The molecule has 0 saturated carbocycles. The van der Waals surface area contributed by atoms with E-state index in [1.165, 1.54) is 0 Å². The number of carbonyl (C=O) groups excluding carboxylic acids is 1. The van der Waals surface area contributed by atoms with Gasteiger partial charge >= 0.3 is 0 Å². The minimum Gasteiger partial charge on any atom is -0.493 e. The van der Waals surface area contributed by atoms with E-state index in [0.717, 1.165) is 0 Å². The molecular weight excluding hydrogens is 346 g/mol. The molecule has 1 aliphatic rings. The minimum atomic E-state index is -0.689. The molecule has 3 aromatic rings. The summed E-state index contributed by atoms with van der Waals surface area (Å²) in [5, 5.41) is 4.01. The second-order valence-corrected chi connectivity index (χ2v) is 5.89. The lowest BCUT2D eigenvalue weighted by molar-refractivity contribution is 0.0971. The van der Waals surface area contributed by atoms with Crippen molar-refractivity contribution in [3.05, 3.63) is 53.9 Å². The van der Waals surface area contributed by atoms with Crippen molar-refractivity contribution in [1.29, 1.82) is 0 Å². The molecule has 4 rings (SSSR count). The molecule has 0 saturated heterocycles. The van der Waals surface area contributed by atoms with E-state index in [9.17, 15) is 4.79 Å². The van der Waals surface area contributed by atoms with Gasteiger partial charge in [-0.2, -0.15) is 4.98 Å². The number of ketones is 1. The summed E-state index contributed by atoms with van der Waals surface area (Å²) >= 11 is 0. The third-order valence-corrected chi connectivity index (χ3v) is 4.24. The molecule has 0 radical (unpaired) electrons. The number of para-hydroxylation sites is 1. The van der Waals surface area contributed by atoms with Gasteiger partial charge in [-0.1, -0.05) is 17.3 Å². The molecule has 2 aromatic carbocycles. The smallest absolute Gasteiger partial charge is 0.243 e. The van der Waals surface area contributed by atoms with Gasteiger partial charge in [0.1, 0.15) is 5.92 Å². The Bertz CT molecular complexity index is 1030. The van der Waals surface area contributed by atoms with Crippen LogP contribution in [0.2, 0.25) is 0 Å². The Morgan fingerprint density at radius 2 is 2.00 bits per heavy atom. The number of aromatic nitrogens is 2. The first-order valence-electron chi connectivity index (χ1n) is 8.53. The van der Waals surface area contributed by atoms with Crippen LogP contribution in [0.3, 0.4) is 0 Å². The van der Waals surface area contributed by atoms with Crippen molar-refractivity contribution in [2.24, 2.45) is 4.99 Å². The Morgan fingerprint density at radius 3 is 2.81 bits per heavy atom. The monoisotopic (exact) mass is 363 g/mol. The average molecular weight is 363 g/mol. The molecule has 0 N–H and O–H groups in total. The van der Waals surface area contributed by atoms with E-state index in [2.05, 4.69) is 15.1 Å². The van der Waals surface area contributed by atoms with E-state index < -0.39 is 5.92 Å². The van der Waals surface area contributed by atoms with Gasteiger partial charge in [0.05, 0.1) is 19.4 Å². The number of ether oxygens (including phenoxy) is 2. The normalized spacial score (nSPS) is 15.5. The highest BCUT2D eigenvalue weighted by atomic mass is 16.5. The fourth-order valence-corrected chi connectivity index (χ4v) is 2.92. The highest BCUT2D eigenvalue weighted by molar-refractivity contribution is 6.15. The fraction of sp³-hybridized carbons (Fsp3) is 0.200. The van der Waals surface area contributed by atoms with Gasteiger partial charge in [-0.3, -0.25) is 9.79 Å². The number of rotatable bonds is 5. The number of hydrogen-bond acceptors (Lipinski definition) is 7. The number of nitrogens with zero attached hydrogens (tertiary/aromatic N) is 3. The molecule has 136 valence electrons. The van der Waals surface area contributed by atoms with Crippen molar-refractivity contribution in [2.75, 3.05) is 13.7 Å². The van der Waals surface area contributed by atoms with Crippen LogP contribution in [0.4, 0.5) is 5.69 Å². The first kappa shape index (κ1) is 17.0.